The van der Waals surface area contributed by atoms with Gasteiger partial charge in [-0.05, 0) is 61.2 Å². The summed E-state index contributed by atoms with van der Waals surface area (Å²) in [6.07, 6.45) is 1.12. The second-order valence-corrected chi connectivity index (χ2v) is 5.95. The second-order valence-electron chi connectivity index (χ2n) is 5.95. The fourth-order valence-electron chi connectivity index (χ4n) is 2.29. The average molecular weight is 340 g/mol. The van der Waals surface area contributed by atoms with Gasteiger partial charge < -0.3 is 15.4 Å². The van der Waals surface area contributed by atoms with E-state index in [0.29, 0.717) is 24.3 Å². The highest BCUT2D eigenvalue weighted by Gasteiger charge is 2.05. The first-order valence-electron chi connectivity index (χ1n) is 8.27. The summed E-state index contributed by atoms with van der Waals surface area (Å²) < 4.78 is 5.52. The van der Waals surface area contributed by atoms with Gasteiger partial charge in [-0.1, -0.05) is 18.2 Å². The van der Waals surface area contributed by atoms with Crippen LogP contribution in [0.2, 0.25) is 0 Å². The van der Waals surface area contributed by atoms with E-state index in [1.165, 1.54) is 5.56 Å². The molecular weight excluding hydrogens is 316 g/mol. The maximum atomic E-state index is 12.0. The van der Waals surface area contributed by atoms with Gasteiger partial charge in [0.1, 0.15) is 5.75 Å². The van der Waals surface area contributed by atoms with Crippen LogP contribution in [0.5, 0.6) is 5.75 Å². The number of ether oxygens (including phenoxy) is 1. The highest BCUT2D eigenvalue weighted by molar-refractivity contribution is 5.91. The van der Waals surface area contributed by atoms with Gasteiger partial charge in [-0.2, -0.15) is 0 Å². The second kappa shape index (κ2) is 8.87. The van der Waals surface area contributed by atoms with Crippen LogP contribution >= 0.6 is 0 Å². The van der Waals surface area contributed by atoms with Crippen LogP contribution in [-0.4, -0.2) is 25.5 Å². The normalized spacial score (nSPS) is 10.2. The van der Waals surface area contributed by atoms with Gasteiger partial charge in [-0.15, -0.1) is 0 Å². The zero-order valence-corrected chi connectivity index (χ0v) is 14.9. The minimum absolute atomic E-state index is 0.0147. The molecule has 5 nitrogen and oxygen atoms in total. The van der Waals surface area contributed by atoms with E-state index in [1.54, 1.807) is 7.05 Å². The number of hydrogen-bond acceptors (Lipinski definition) is 3. The summed E-state index contributed by atoms with van der Waals surface area (Å²) in [5.41, 5.74) is 4.07. The lowest BCUT2D eigenvalue weighted by Gasteiger charge is -2.09. The molecule has 5 heteroatoms. The van der Waals surface area contributed by atoms with Crippen molar-refractivity contribution in [3.05, 3.63) is 59.2 Å². The first kappa shape index (κ1) is 18.5. The van der Waals surface area contributed by atoms with Crippen molar-refractivity contribution in [3.63, 3.8) is 0 Å². The van der Waals surface area contributed by atoms with Crippen LogP contribution in [0.3, 0.4) is 0 Å². The Morgan fingerprint density at radius 3 is 2.32 bits per heavy atom. The summed E-state index contributed by atoms with van der Waals surface area (Å²) >= 11 is 0. The largest absolute Gasteiger partial charge is 0.484 e. The number of amides is 2. The molecule has 0 radical (unpaired) electrons. The SMILES string of the molecule is CNC(=O)CCc1ccc(NC(=O)COc2ccc(C)c(C)c2)cc1. The predicted octanol–water partition coefficient (Wildman–Crippen LogP) is 3.00. The minimum Gasteiger partial charge on any atom is -0.484 e. The molecule has 0 saturated carbocycles. The number of hydrogen-bond donors (Lipinski definition) is 2. The molecular formula is C20H24N2O3. The molecule has 0 aliphatic rings. The lowest BCUT2D eigenvalue weighted by Crippen LogP contribution is -2.20. The zero-order valence-electron chi connectivity index (χ0n) is 14.9. The highest BCUT2D eigenvalue weighted by atomic mass is 16.5. The van der Waals surface area contributed by atoms with Gasteiger partial charge >= 0.3 is 0 Å². The molecule has 0 bridgehead atoms. The quantitative estimate of drug-likeness (QED) is 0.814. The third-order valence-corrected chi connectivity index (χ3v) is 4.01. The smallest absolute Gasteiger partial charge is 0.262 e. The van der Waals surface area contributed by atoms with E-state index < -0.39 is 0 Å². The van der Waals surface area contributed by atoms with E-state index in [-0.39, 0.29) is 18.4 Å². The molecule has 0 heterocycles. The Labute approximate surface area is 148 Å². The molecule has 0 unspecified atom stereocenters. The highest BCUT2D eigenvalue weighted by Crippen LogP contribution is 2.16. The van der Waals surface area contributed by atoms with E-state index in [9.17, 15) is 9.59 Å². The van der Waals surface area contributed by atoms with Crippen molar-refractivity contribution in [1.29, 1.82) is 0 Å². The van der Waals surface area contributed by atoms with Crippen molar-refractivity contribution in [2.75, 3.05) is 19.0 Å². The Morgan fingerprint density at radius 1 is 0.960 bits per heavy atom. The number of benzene rings is 2. The number of carbonyl (C=O) groups excluding carboxylic acids is 2. The van der Waals surface area contributed by atoms with Crippen LogP contribution < -0.4 is 15.4 Å². The third kappa shape index (κ3) is 5.95. The van der Waals surface area contributed by atoms with Gasteiger partial charge in [0.15, 0.2) is 6.61 Å². The molecule has 0 atom stereocenters. The van der Waals surface area contributed by atoms with E-state index >= 15 is 0 Å². The predicted molar refractivity (Wildman–Crippen MR) is 98.9 cm³/mol. The molecule has 25 heavy (non-hydrogen) atoms. The van der Waals surface area contributed by atoms with Crippen molar-refractivity contribution >= 4 is 17.5 Å². The molecule has 0 saturated heterocycles. The number of carbonyl (C=O) groups is 2. The Morgan fingerprint density at radius 2 is 1.68 bits per heavy atom. The van der Waals surface area contributed by atoms with Gasteiger partial charge in [-0.25, -0.2) is 0 Å². The lowest BCUT2D eigenvalue weighted by atomic mass is 10.1. The molecule has 2 rings (SSSR count). The summed E-state index contributed by atoms with van der Waals surface area (Å²) in [7, 11) is 1.63. The van der Waals surface area contributed by atoms with E-state index in [4.69, 9.17) is 4.74 Å². The zero-order chi connectivity index (χ0) is 18.2. The van der Waals surface area contributed by atoms with E-state index in [0.717, 1.165) is 11.1 Å². The average Bonchev–Trinajstić information content (AvgIpc) is 2.62. The molecule has 2 N–H and O–H groups in total. The van der Waals surface area contributed by atoms with Crippen molar-refractivity contribution in [2.24, 2.45) is 0 Å². The number of aryl methyl sites for hydroxylation is 3. The van der Waals surface area contributed by atoms with Crippen LogP contribution in [0.15, 0.2) is 42.5 Å². The molecule has 0 fully saturated rings. The lowest BCUT2D eigenvalue weighted by molar-refractivity contribution is -0.120. The Hall–Kier alpha value is -2.82. The van der Waals surface area contributed by atoms with Crippen molar-refractivity contribution in [3.8, 4) is 5.75 Å². The maximum absolute atomic E-state index is 12.0. The first-order chi connectivity index (χ1) is 12.0. The Balaban J connectivity index is 1.81. The minimum atomic E-state index is -0.212. The fraction of sp³-hybridized carbons (Fsp3) is 0.300. The summed E-state index contributed by atoms with van der Waals surface area (Å²) in [4.78, 5) is 23.2. The molecule has 132 valence electrons. The summed E-state index contributed by atoms with van der Waals surface area (Å²) in [5.74, 6) is 0.486. The van der Waals surface area contributed by atoms with Crippen molar-refractivity contribution < 1.29 is 14.3 Å². The van der Waals surface area contributed by atoms with Gasteiger partial charge in [0.05, 0.1) is 0 Å². The Kier molecular flexibility index (Phi) is 6.57. The molecule has 2 aromatic rings. The van der Waals surface area contributed by atoms with Gasteiger partial charge in [0.2, 0.25) is 5.91 Å². The summed E-state index contributed by atoms with van der Waals surface area (Å²) in [6, 6.07) is 13.2. The van der Waals surface area contributed by atoms with Crippen LogP contribution in [-0.2, 0) is 16.0 Å². The van der Waals surface area contributed by atoms with E-state index in [2.05, 4.69) is 10.6 Å². The monoisotopic (exact) mass is 340 g/mol. The van der Waals surface area contributed by atoms with Gasteiger partial charge in [0, 0.05) is 19.2 Å². The molecule has 2 aromatic carbocycles. The van der Waals surface area contributed by atoms with Crippen LogP contribution in [0.1, 0.15) is 23.1 Å². The van der Waals surface area contributed by atoms with Crippen LogP contribution in [0.25, 0.3) is 0 Å². The molecule has 0 aromatic heterocycles. The standard InChI is InChI=1S/C20H24N2O3/c1-14-4-10-18(12-15(14)2)25-13-20(24)22-17-8-5-16(6-9-17)7-11-19(23)21-3/h4-6,8-10,12H,7,11,13H2,1-3H3,(H,21,23)(H,22,24). The number of anilines is 1. The summed E-state index contributed by atoms with van der Waals surface area (Å²) in [5, 5.41) is 5.40. The first-order valence-corrected chi connectivity index (χ1v) is 8.27. The van der Waals surface area contributed by atoms with Gasteiger partial charge in [0.25, 0.3) is 5.91 Å². The maximum Gasteiger partial charge on any atom is 0.262 e. The number of nitrogens with one attached hydrogen (secondary N) is 2. The molecule has 0 aliphatic carbocycles. The van der Waals surface area contributed by atoms with Crippen molar-refractivity contribution in [1.82, 2.24) is 5.32 Å². The molecule has 2 amide bonds. The van der Waals surface area contributed by atoms with Crippen LogP contribution in [0, 0.1) is 13.8 Å². The third-order valence-electron chi connectivity index (χ3n) is 4.01. The molecule has 0 spiro atoms. The van der Waals surface area contributed by atoms with Crippen LogP contribution in [0.4, 0.5) is 5.69 Å². The Bertz CT molecular complexity index is 739. The van der Waals surface area contributed by atoms with E-state index in [1.807, 2.05) is 56.3 Å². The molecule has 0 aliphatic heterocycles. The number of rotatable bonds is 7. The summed E-state index contributed by atoms with van der Waals surface area (Å²) in [6.45, 7) is 4.00. The topological polar surface area (TPSA) is 67.4 Å². The van der Waals surface area contributed by atoms with Gasteiger partial charge in [-0.3, -0.25) is 9.59 Å². The van der Waals surface area contributed by atoms with Crippen molar-refractivity contribution in [2.45, 2.75) is 26.7 Å². The fourth-order valence-corrected chi connectivity index (χ4v) is 2.29.